The fourth-order valence-electron chi connectivity index (χ4n) is 5.04. The van der Waals surface area contributed by atoms with Crippen LogP contribution in [0.15, 0.2) is 0 Å². The lowest BCUT2D eigenvalue weighted by Crippen LogP contribution is -2.55. The highest BCUT2D eigenvalue weighted by atomic mass is 32.2. The van der Waals surface area contributed by atoms with Crippen LogP contribution < -0.4 is 0 Å². The summed E-state index contributed by atoms with van der Waals surface area (Å²) in [4.78, 5) is 0. The van der Waals surface area contributed by atoms with Crippen molar-refractivity contribution in [3.8, 4) is 0 Å². The van der Waals surface area contributed by atoms with Gasteiger partial charge in [-0.05, 0) is 36.5 Å². The van der Waals surface area contributed by atoms with Crippen molar-refractivity contribution in [1.82, 2.24) is 0 Å². The molecule has 2 aliphatic rings. The van der Waals surface area contributed by atoms with E-state index in [1.807, 2.05) is 0 Å². The molecule has 2 fully saturated rings. The molecule has 0 amide bonds. The highest BCUT2D eigenvalue weighted by Crippen LogP contribution is 2.54. The standard InChI is InChI=1S/C18H34O3S/c1-15-11-7-5-8-12-16(15)18(21-22(4,19)20)14-10-6-9-13-17(18,2)3/h15-16H,5-14H2,1-4H3. The minimum absolute atomic E-state index is 0.0875. The summed E-state index contributed by atoms with van der Waals surface area (Å²) in [6, 6.07) is 0. The van der Waals surface area contributed by atoms with Gasteiger partial charge in [-0.1, -0.05) is 65.7 Å². The molecule has 22 heavy (non-hydrogen) atoms. The maximum atomic E-state index is 12.1. The first-order valence-corrected chi connectivity index (χ1v) is 10.9. The van der Waals surface area contributed by atoms with E-state index in [1.54, 1.807) is 0 Å². The maximum Gasteiger partial charge on any atom is 0.264 e. The van der Waals surface area contributed by atoms with Crippen molar-refractivity contribution in [3.05, 3.63) is 0 Å². The summed E-state index contributed by atoms with van der Waals surface area (Å²) in [7, 11) is -3.45. The van der Waals surface area contributed by atoms with Gasteiger partial charge in [0.1, 0.15) is 0 Å². The van der Waals surface area contributed by atoms with Crippen LogP contribution in [0.25, 0.3) is 0 Å². The number of hydrogen-bond acceptors (Lipinski definition) is 3. The summed E-state index contributed by atoms with van der Waals surface area (Å²) in [5.74, 6) is 0.902. The summed E-state index contributed by atoms with van der Waals surface area (Å²) >= 11 is 0. The quantitative estimate of drug-likeness (QED) is 0.545. The highest BCUT2D eigenvalue weighted by molar-refractivity contribution is 7.86. The van der Waals surface area contributed by atoms with Gasteiger partial charge < -0.3 is 0 Å². The van der Waals surface area contributed by atoms with Crippen molar-refractivity contribution in [2.45, 2.75) is 90.6 Å². The van der Waals surface area contributed by atoms with Crippen LogP contribution in [0.1, 0.15) is 85.0 Å². The van der Waals surface area contributed by atoms with E-state index >= 15 is 0 Å². The molecular weight excluding hydrogens is 296 g/mol. The van der Waals surface area contributed by atoms with E-state index in [-0.39, 0.29) is 5.41 Å². The third-order valence-corrected chi connectivity index (χ3v) is 6.86. The van der Waals surface area contributed by atoms with Crippen molar-refractivity contribution in [1.29, 1.82) is 0 Å². The molecule has 130 valence electrons. The van der Waals surface area contributed by atoms with E-state index in [4.69, 9.17) is 4.18 Å². The molecule has 0 spiro atoms. The Morgan fingerprint density at radius 2 is 1.50 bits per heavy atom. The normalized spacial score (nSPS) is 37.3. The SMILES string of the molecule is CC1CCCCCC1C1(OS(C)(=O)=O)CCCCCC1(C)C. The summed E-state index contributed by atoms with van der Waals surface area (Å²) < 4.78 is 30.2. The second kappa shape index (κ2) is 6.80. The Hall–Kier alpha value is -0.0900. The molecule has 2 saturated carbocycles. The molecule has 0 bridgehead atoms. The fraction of sp³-hybridized carbons (Fsp3) is 1.00. The third-order valence-electron chi connectivity index (χ3n) is 6.26. The minimum atomic E-state index is -3.45. The molecule has 0 aromatic carbocycles. The van der Waals surface area contributed by atoms with Gasteiger partial charge in [-0.3, -0.25) is 4.18 Å². The maximum absolute atomic E-state index is 12.1. The second-order valence-corrected chi connectivity index (χ2v) is 9.92. The summed E-state index contributed by atoms with van der Waals surface area (Å²) in [6.07, 6.45) is 12.7. The molecule has 2 aliphatic carbocycles. The lowest BCUT2D eigenvalue weighted by Gasteiger charge is -2.51. The van der Waals surface area contributed by atoms with Crippen molar-refractivity contribution < 1.29 is 12.6 Å². The molecule has 0 aromatic heterocycles. The molecule has 3 unspecified atom stereocenters. The molecule has 4 heteroatoms. The zero-order chi connectivity index (χ0) is 16.4. The van der Waals surface area contributed by atoms with Crippen LogP contribution in [-0.2, 0) is 14.3 Å². The molecule has 0 saturated heterocycles. The van der Waals surface area contributed by atoms with Gasteiger partial charge in [-0.2, -0.15) is 8.42 Å². The molecule has 3 atom stereocenters. The predicted molar refractivity (Wildman–Crippen MR) is 91.3 cm³/mol. The van der Waals surface area contributed by atoms with Gasteiger partial charge in [-0.15, -0.1) is 0 Å². The lowest BCUT2D eigenvalue weighted by atomic mass is 9.61. The molecular formula is C18H34O3S. The molecule has 0 N–H and O–H groups in total. The summed E-state index contributed by atoms with van der Waals surface area (Å²) in [5.41, 5.74) is -0.601. The molecule has 0 aliphatic heterocycles. The first kappa shape index (κ1) is 18.3. The van der Waals surface area contributed by atoms with Gasteiger partial charge in [-0.25, -0.2) is 0 Å². The largest absolute Gasteiger partial charge is 0.264 e. The van der Waals surface area contributed by atoms with Crippen molar-refractivity contribution in [3.63, 3.8) is 0 Å². The Morgan fingerprint density at radius 3 is 2.18 bits per heavy atom. The predicted octanol–water partition coefficient (Wildman–Crippen LogP) is 4.91. The lowest BCUT2D eigenvalue weighted by molar-refractivity contribution is -0.108. The van der Waals surface area contributed by atoms with E-state index in [2.05, 4.69) is 20.8 Å². The molecule has 2 rings (SSSR count). The molecule has 3 nitrogen and oxygen atoms in total. The van der Waals surface area contributed by atoms with Gasteiger partial charge in [0, 0.05) is 0 Å². The molecule has 0 radical (unpaired) electrons. The van der Waals surface area contributed by atoms with Gasteiger partial charge in [0.25, 0.3) is 10.1 Å². The van der Waals surface area contributed by atoms with Gasteiger partial charge in [0.05, 0.1) is 11.9 Å². The minimum Gasteiger partial charge on any atom is -0.263 e. The van der Waals surface area contributed by atoms with Crippen LogP contribution in [-0.4, -0.2) is 20.3 Å². The zero-order valence-electron chi connectivity index (χ0n) is 14.9. The van der Waals surface area contributed by atoms with Crippen LogP contribution in [0.5, 0.6) is 0 Å². The first-order chi connectivity index (χ1) is 10.2. The Kier molecular flexibility index (Phi) is 5.64. The van der Waals surface area contributed by atoms with Crippen molar-refractivity contribution in [2.75, 3.05) is 6.26 Å². The number of rotatable bonds is 3. The molecule has 0 aromatic rings. The van der Waals surface area contributed by atoms with E-state index in [9.17, 15) is 8.42 Å². The van der Waals surface area contributed by atoms with Crippen LogP contribution in [0.4, 0.5) is 0 Å². The summed E-state index contributed by atoms with van der Waals surface area (Å²) in [6.45, 7) is 6.78. The van der Waals surface area contributed by atoms with Crippen molar-refractivity contribution >= 4 is 10.1 Å². The highest BCUT2D eigenvalue weighted by Gasteiger charge is 2.54. The zero-order valence-corrected chi connectivity index (χ0v) is 15.7. The van der Waals surface area contributed by atoms with E-state index in [1.165, 1.54) is 44.8 Å². The van der Waals surface area contributed by atoms with Crippen LogP contribution in [0.3, 0.4) is 0 Å². The first-order valence-electron chi connectivity index (χ1n) is 9.09. The Labute approximate surface area is 137 Å². The third kappa shape index (κ3) is 3.87. The number of hydrogen-bond donors (Lipinski definition) is 0. The van der Waals surface area contributed by atoms with Gasteiger partial charge in [0.15, 0.2) is 0 Å². The average molecular weight is 331 g/mol. The van der Waals surface area contributed by atoms with Gasteiger partial charge >= 0.3 is 0 Å². The topological polar surface area (TPSA) is 43.4 Å². The fourth-order valence-corrected chi connectivity index (χ4v) is 6.01. The van der Waals surface area contributed by atoms with E-state index < -0.39 is 15.7 Å². The average Bonchev–Trinajstić information content (AvgIpc) is 2.66. The molecule has 0 heterocycles. The Morgan fingerprint density at radius 1 is 0.909 bits per heavy atom. The van der Waals surface area contributed by atoms with Gasteiger partial charge in [0.2, 0.25) is 0 Å². The Bertz CT molecular complexity index is 469. The van der Waals surface area contributed by atoms with Crippen LogP contribution in [0, 0.1) is 17.3 Å². The smallest absolute Gasteiger partial charge is 0.263 e. The van der Waals surface area contributed by atoms with Crippen molar-refractivity contribution in [2.24, 2.45) is 17.3 Å². The summed E-state index contributed by atoms with van der Waals surface area (Å²) in [5, 5.41) is 0. The van der Waals surface area contributed by atoms with E-state index in [0.717, 1.165) is 25.7 Å². The Balaban J connectivity index is 2.47. The van der Waals surface area contributed by atoms with E-state index in [0.29, 0.717) is 11.8 Å². The van der Waals surface area contributed by atoms with Crippen LogP contribution >= 0.6 is 0 Å². The van der Waals surface area contributed by atoms with Crippen LogP contribution in [0.2, 0.25) is 0 Å². The second-order valence-electron chi connectivity index (χ2n) is 8.34. The monoisotopic (exact) mass is 330 g/mol.